The highest BCUT2D eigenvalue weighted by Gasteiger charge is 2.24. The summed E-state index contributed by atoms with van der Waals surface area (Å²) < 4.78 is 5.94. The molecule has 3 atom stereocenters. The molecule has 1 amide bonds. The number of ether oxygens (including phenoxy) is 1. The van der Waals surface area contributed by atoms with Crippen molar-refractivity contribution in [3.63, 3.8) is 0 Å². The molecule has 3 unspecified atom stereocenters. The van der Waals surface area contributed by atoms with Gasteiger partial charge < -0.3 is 20.3 Å². The summed E-state index contributed by atoms with van der Waals surface area (Å²) in [6.07, 6.45) is 64.6. The maximum absolute atomic E-state index is 13.2. The van der Waals surface area contributed by atoms with E-state index in [1.807, 2.05) is 0 Å². The second-order valence-corrected chi connectivity index (χ2v) is 19.4. The number of aliphatic hydroxyl groups is 2. The molecule has 0 aromatic carbocycles. The van der Waals surface area contributed by atoms with Gasteiger partial charge in [-0.05, 0) is 70.6 Å². The first-order valence-corrected chi connectivity index (χ1v) is 28.4. The maximum Gasteiger partial charge on any atom is 0.306 e. The lowest BCUT2D eigenvalue weighted by Gasteiger charge is -2.24. The van der Waals surface area contributed by atoms with Gasteiger partial charge in [-0.2, -0.15) is 0 Å². The number of hydrogen-bond donors (Lipinski definition) is 3. The Balaban J connectivity index is 4.52. The quantitative estimate of drug-likeness (QED) is 0.0245. The first kappa shape index (κ1) is 62.8. The third-order valence-electron chi connectivity index (χ3n) is 13.0. The van der Waals surface area contributed by atoms with Crippen LogP contribution in [0.1, 0.15) is 290 Å². The van der Waals surface area contributed by atoms with Gasteiger partial charge in [-0.3, -0.25) is 9.59 Å². The molecule has 0 rings (SSSR count). The van der Waals surface area contributed by atoms with Gasteiger partial charge >= 0.3 is 5.97 Å². The number of carbonyl (C=O) groups excluding carboxylic acids is 2. The smallest absolute Gasteiger partial charge is 0.306 e. The van der Waals surface area contributed by atoms with Gasteiger partial charge in [-0.1, -0.05) is 256 Å². The fourth-order valence-electron chi connectivity index (χ4n) is 8.66. The summed E-state index contributed by atoms with van der Waals surface area (Å²) in [4.78, 5) is 26.2. The number of nitrogens with one attached hydrogen (secondary N) is 1. The molecule has 3 N–H and O–H groups in total. The zero-order valence-corrected chi connectivity index (χ0v) is 43.4. The van der Waals surface area contributed by atoms with Crippen molar-refractivity contribution in [3.05, 3.63) is 48.6 Å². The predicted molar refractivity (Wildman–Crippen MR) is 282 cm³/mol. The molecule has 0 fully saturated rings. The fraction of sp³-hybridized carbons (Fsp3) is 0.831. The van der Waals surface area contributed by atoms with Gasteiger partial charge in [0.05, 0.1) is 25.2 Å². The SMILES string of the molecule is CC/C=C/C=C/C=C/CCCCCCCC(CC(=O)NC(CO)C(O)CCCCCCCCCCCCCCCCCC)OC(=O)CCCCCCCCC/C=C/CCCCCCCC. The molecule has 380 valence electrons. The summed E-state index contributed by atoms with van der Waals surface area (Å²) in [7, 11) is 0. The summed E-state index contributed by atoms with van der Waals surface area (Å²) in [5.41, 5.74) is 0. The standard InChI is InChI=1S/C59H109NO5/c1-4-7-10-13-16-19-22-25-27-29-31-34-37-40-43-46-49-52-59(64)65-55(50-47-44-41-38-35-32-24-21-18-15-12-9-6-3)53-58(63)60-56(54-61)57(62)51-48-45-42-39-36-33-30-28-26-23-20-17-14-11-8-5-2/h9,12,15,18,21,24-25,27,55-57,61-62H,4-8,10-11,13-14,16-17,19-20,22-23,26,28-54H2,1-3H3,(H,60,63)/b12-9+,18-15+,24-21+,27-25+. The van der Waals surface area contributed by atoms with Crippen LogP contribution in [0.3, 0.4) is 0 Å². The molecule has 0 heterocycles. The second-order valence-electron chi connectivity index (χ2n) is 19.4. The topological polar surface area (TPSA) is 95.9 Å². The van der Waals surface area contributed by atoms with E-state index < -0.39 is 18.2 Å². The average Bonchev–Trinajstić information content (AvgIpc) is 3.30. The number of aliphatic hydroxyl groups excluding tert-OH is 2. The molecule has 0 aromatic heterocycles. The van der Waals surface area contributed by atoms with Crippen molar-refractivity contribution in [2.75, 3.05) is 6.61 Å². The van der Waals surface area contributed by atoms with Crippen LogP contribution in [0.4, 0.5) is 0 Å². The Hall–Kier alpha value is -2.18. The summed E-state index contributed by atoms with van der Waals surface area (Å²) in [5.74, 6) is -0.490. The lowest BCUT2D eigenvalue weighted by atomic mass is 10.0. The molecule has 0 radical (unpaired) electrons. The van der Waals surface area contributed by atoms with Crippen LogP contribution >= 0.6 is 0 Å². The molecule has 0 saturated carbocycles. The van der Waals surface area contributed by atoms with Gasteiger partial charge in [-0.15, -0.1) is 0 Å². The Morgan fingerprint density at radius 3 is 1.29 bits per heavy atom. The number of unbranched alkanes of at least 4 members (excludes halogenated alkanes) is 33. The van der Waals surface area contributed by atoms with E-state index >= 15 is 0 Å². The summed E-state index contributed by atoms with van der Waals surface area (Å²) in [5, 5.41) is 23.9. The van der Waals surface area contributed by atoms with Crippen LogP contribution in [-0.4, -0.2) is 46.9 Å². The van der Waals surface area contributed by atoms with Crippen LogP contribution in [0.25, 0.3) is 0 Å². The first-order chi connectivity index (χ1) is 32.0. The Morgan fingerprint density at radius 1 is 0.462 bits per heavy atom. The van der Waals surface area contributed by atoms with Crippen molar-refractivity contribution in [3.8, 4) is 0 Å². The molecule has 6 heteroatoms. The highest BCUT2D eigenvalue weighted by Crippen LogP contribution is 2.18. The molecule has 0 aliphatic heterocycles. The third-order valence-corrected chi connectivity index (χ3v) is 13.0. The molecule has 65 heavy (non-hydrogen) atoms. The minimum absolute atomic E-state index is 0.0635. The molecular weight excluding hydrogens is 803 g/mol. The number of hydrogen-bond acceptors (Lipinski definition) is 5. The van der Waals surface area contributed by atoms with Crippen LogP contribution in [0.2, 0.25) is 0 Å². The van der Waals surface area contributed by atoms with Crippen molar-refractivity contribution < 1.29 is 24.5 Å². The van der Waals surface area contributed by atoms with Gasteiger partial charge in [0.2, 0.25) is 5.91 Å². The van der Waals surface area contributed by atoms with E-state index in [-0.39, 0.29) is 24.9 Å². The van der Waals surface area contributed by atoms with Crippen molar-refractivity contribution in [2.24, 2.45) is 0 Å². The van der Waals surface area contributed by atoms with Crippen LogP contribution in [-0.2, 0) is 14.3 Å². The van der Waals surface area contributed by atoms with Crippen LogP contribution in [0.5, 0.6) is 0 Å². The largest absolute Gasteiger partial charge is 0.462 e. The summed E-state index contributed by atoms with van der Waals surface area (Å²) in [6.45, 7) is 6.37. The summed E-state index contributed by atoms with van der Waals surface area (Å²) >= 11 is 0. The highest BCUT2D eigenvalue weighted by atomic mass is 16.5. The van der Waals surface area contributed by atoms with Crippen LogP contribution in [0.15, 0.2) is 48.6 Å². The normalized spacial score (nSPS) is 13.5. The van der Waals surface area contributed by atoms with Crippen molar-refractivity contribution in [2.45, 2.75) is 309 Å². The maximum atomic E-state index is 13.2. The number of esters is 1. The second kappa shape index (κ2) is 52.8. The molecule has 0 aromatic rings. The number of allylic oxidation sites excluding steroid dienone is 8. The zero-order valence-electron chi connectivity index (χ0n) is 43.4. The van der Waals surface area contributed by atoms with Crippen molar-refractivity contribution in [1.29, 1.82) is 0 Å². The third kappa shape index (κ3) is 48.1. The van der Waals surface area contributed by atoms with E-state index in [0.717, 1.165) is 83.5 Å². The van der Waals surface area contributed by atoms with E-state index in [9.17, 15) is 19.8 Å². The molecule has 0 saturated heterocycles. The first-order valence-electron chi connectivity index (χ1n) is 28.4. The minimum atomic E-state index is -0.795. The molecule has 0 aliphatic carbocycles. The van der Waals surface area contributed by atoms with Gasteiger partial charge in [-0.25, -0.2) is 0 Å². The molecule has 6 nitrogen and oxygen atoms in total. The van der Waals surface area contributed by atoms with E-state index in [2.05, 4.69) is 74.7 Å². The fourth-order valence-corrected chi connectivity index (χ4v) is 8.66. The lowest BCUT2D eigenvalue weighted by molar-refractivity contribution is -0.151. The van der Waals surface area contributed by atoms with E-state index in [1.54, 1.807) is 0 Å². The van der Waals surface area contributed by atoms with E-state index in [1.165, 1.54) is 161 Å². The highest BCUT2D eigenvalue weighted by molar-refractivity contribution is 5.77. The molecular formula is C59H109NO5. The summed E-state index contributed by atoms with van der Waals surface area (Å²) in [6, 6.07) is -0.709. The van der Waals surface area contributed by atoms with Crippen molar-refractivity contribution in [1.82, 2.24) is 5.32 Å². The molecule has 0 bridgehead atoms. The number of carbonyl (C=O) groups is 2. The molecule has 0 spiro atoms. The predicted octanol–water partition coefficient (Wildman–Crippen LogP) is 17.4. The Bertz CT molecular complexity index is 1110. The Labute approximate surface area is 404 Å². The number of rotatable bonds is 51. The van der Waals surface area contributed by atoms with Crippen molar-refractivity contribution >= 4 is 11.9 Å². The monoisotopic (exact) mass is 912 g/mol. The Morgan fingerprint density at radius 2 is 0.846 bits per heavy atom. The van der Waals surface area contributed by atoms with Gasteiger partial charge in [0, 0.05) is 6.42 Å². The van der Waals surface area contributed by atoms with Gasteiger partial charge in [0.25, 0.3) is 0 Å². The minimum Gasteiger partial charge on any atom is -0.462 e. The molecule has 0 aliphatic rings. The van der Waals surface area contributed by atoms with Gasteiger partial charge in [0.15, 0.2) is 0 Å². The number of amides is 1. The Kier molecular flexibility index (Phi) is 51.0. The average molecular weight is 913 g/mol. The van der Waals surface area contributed by atoms with E-state index in [0.29, 0.717) is 19.3 Å². The van der Waals surface area contributed by atoms with E-state index in [4.69, 9.17) is 4.74 Å². The lowest BCUT2D eigenvalue weighted by Crippen LogP contribution is -2.46. The zero-order chi connectivity index (χ0) is 47.4. The van der Waals surface area contributed by atoms with Crippen LogP contribution < -0.4 is 5.32 Å². The van der Waals surface area contributed by atoms with Gasteiger partial charge in [0.1, 0.15) is 6.10 Å². The van der Waals surface area contributed by atoms with Crippen LogP contribution in [0, 0.1) is 0 Å².